The fraction of sp³-hybridized carbons (Fsp3) is 0.417. The summed E-state index contributed by atoms with van der Waals surface area (Å²) >= 11 is 0. The van der Waals surface area contributed by atoms with Gasteiger partial charge in [-0.15, -0.1) is 0 Å². The molecule has 0 aliphatic carbocycles. The van der Waals surface area contributed by atoms with Crippen LogP contribution in [-0.2, 0) is 6.18 Å². The molecule has 0 fully saturated rings. The lowest BCUT2D eigenvalue weighted by Crippen LogP contribution is -2.26. The van der Waals surface area contributed by atoms with Gasteiger partial charge in [-0.05, 0) is 32.2 Å². The zero-order chi connectivity index (χ0) is 14.6. The Morgan fingerprint density at radius 3 is 2.58 bits per heavy atom. The van der Waals surface area contributed by atoms with Crippen molar-refractivity contribution in [3.63, 3.8) is 0 Å². The van der Waals surface area contributed by atoms with Crippen molar-refractivity contribution in [1.82, 2.24) is 5.32 Å². The van der Waals surface area contributed by atoms with E-state index in [1.807, 2.05) is 0 Å². The fourth-order valence-electron chi connectivity index (χ4n) is 1.61. The lowest BCUT2D eigenvalue weighted by molar-refractivity contribution is -0.138. The van der Waals surface area contributed by atoms with Gasteiger partial charge in [0.15, 0.2) is 0 Å². The second-order valence-electron chi connectivity index (χ2n) is 4.06. The van der Waals surface area contributed by atoms with Crippen LogP contribution >= 0.6 is 0 Å². The molecule has 7 heteroatoms. The largest absolute Gasteiger partial charge is 0.489 e. The third-order valence-corrected chi connectivity index (χ3v) is 2.39. The van der Waals surface area contributed by atoms with Gasteiger partial charge in [-0.3, -0.25) is 4.79 Å². The maximum absolute atomic E-state index is 12.8. The molecule has 1 aromatic rings. The fourth-order valence-corrected chi connectivity index (χ4v) is 1.61. The Kier molecular flexibility index (Phi) is 4.77. The van der Waals surface area contributed by atoms with Crippen molar-refractivity contribution < 1.29 is 22.7 Å². The van der Waals surface area contributed by atoms with Gasteiger partial charge in [-0.25, -0.2) is 0 Å². The number of alkyl halides is 3. The van der Waals surface area contributed by atoms with Crippen LogP contribution in [0.15, 0.2) is 18.2 Å². The van der Waals surface area contributed by atoms with Crippen LogP contribution in [0.1, 0.15) is 22.8 Å². The number of halogens is 3. The van der Waals surface area contributed by atoms with E-state index in [1.165, 1.54) is 6.07 Å². The number of carbonyl (C=O) groups is 1. The van der Waals surface area contributed by atoms with Crippen LogP contribution in [0.4, 0.5) is 13.2 Å². The minimum absolute atomic E-state index is 0.0417. The zero-order valence-electron chi connectivity index (χ0n) is 10.5. The monoisotopic (exact) mass is 276 g/mol. The van der Waals surface area contributed by atoms with Crippen LogP contribution in [0.3, 0.4) is 0 Å². The minimum Gasteiger partial charge on any atom is -0.489 e. The second kappa shape index (κ2) is 5.92. The molecule has 4 nitrogen and oxygen atoms in total. The molecule has 0 bridgehead atoms. The van der Waals surface area contributed by atoms with Crippen molar-refractivity contribution in [3.05, 3.63) is 29.3 Å². The highest BCUT2D eigenvalue weighted by molar-refractivity contribution is 5.94. The van der Waals surface area contributed by atoms with Crippen molar-refractivity contribution in [2.45, 2.75) is 19.2 Å². The Hall–Kier alpha value is -1.76. The molecule has 0 heterocycles. The Morgan fingerprint density at radius 1 is 1.47 bits per heavy atom. The first-order chi connectivity index (χ1) is 8.75. The molecule has 0 aliphatic rings. The number of carbonyl (C=O) groups excluding carboxylic acids is 1. The van der Waals surface area contributed by atoms with Gasteiger partial charge in [-0.2, -0.15) is 13.2 Å². The van der Waals surface area contributed by atoms with E-state index in [2.05, 4.69) is 5.32 Å². The molecule has 0 radical (unpaired) electrons. The minimum atomic E-state index is -4.66. The molecule has 1 rings (SSSR count). The van der Waals surface area contributed by atoms with Crippen LogP contribution in [-0.4, -0.2) is 25.6 Å². The van der Waals surface area contributed by atoms with Crippen molar-refractivity contribution in [2.75, 3.05) is 13.6 Å². The van der Waals surface area contributed by atoms with Crippen LogP contribution < -0.4 is 15.8 Å². The van der Waals surface area contributed by atoms with Gasteiger partial charge in [0.1, 0.15) is 11.9 Å². The Bertz CT molecular complexity index is 461. The van der Waals surface area contributed by atoms with Crippen LogP contribution in [0.25, 0.3) is 0 Å². The van der Waals surface area contributed by atoms with Gasteiger partial charge < -0.3 is 15.8 Å². The third kappa shape index (κ3) is 4.13. The number of hydrogen-bond acceptors (Lipinski definition) is 3. The predicted molar refractivity (Wildman–Crippen MR) is 64.0 cm³/mol. The summed E-state index contributed by atoms with van der Waals surface area (Å²) in [5.74, 6) is -1.08. The topological polar surface area (TPSA) is 64.3 Å². The van der Waals surface area contributed by atoms with Gasteiger partial charge >= 0.3 is 6.18 Å². The molecule has 1 atom stereocenters. The van der Waals surface area contributed by atoms with Gasteiger partial charge in [0.2, 0.25) is 5.91 Å². The normalized spacial score (nSPS) is 13.1. The third-order valence-electron chi connectivity index (χ3n) is 2.39. The van der Waals surface area contributed by atoms with Gasteiger partial charge in [0.05, 0.1) is 11.1 Å². The molecule has 106 valence electrons. The predicted octanol–water partition coefficient (Wildman–Crippen LogP) is 1.79. The number of nitrogens with two attached hydrogens (primary N) is 1. The van der Waals surface area contributed by atoms with Crippen LogP contribution in [0.2, 0.25) is 0 Å². The van der Waals surface area contributed by atoms with E-state index in [-0.39, 0.29) is 11.9 Å². The maximum Gasteiger partial charge on any atom is 0.417 e. The summed E-state index contributed by atoms with van der Waals surface area (Å²) in [5, 5.41) is 2.84. The van der Waals surface area contributed by atoms with E-state index in [9.17, 15) is 18.0 Å². The number of amides is 1. The van der Waals surface area contributed by atoms with Crippen molar-refractivity contribution in [2.24, 2.45) is 5.73 Å². The average molecular weight is 276 g/mol. The molecular weight excluding hydrogens is 261 g/mol. The van der Waals surface area contributed by atoms with Crippen LogP contribution in [0, 0.1) is 0 Å². The molecule has 1 amide bonds. The highest BCUT2D eigenvalue weighted by atomic mass is 19.4. The van der Waals surface area contributed by atoms with Gasteiger partial charge in [-0.1, -0.05) is 0 Å². The standard InChI is InChI=1S/C12H15F3N2O2/c1-7(6-17-2)19-8-3-4-9(11(16)18)10(5-8)12(13,14)15/h3-5,7,17H,6H2,1-2H3,(H2,16,18). The number of primary amides is 1. The quantitative estimate of drug-likeness (QED) is 0.861. The van der Waals surface area contributed by atoms with Crippen molar-refractivity contribution >= 4 is 5.91 Å². The number of ether oxygens (including phenoxy) is 1. The summed E-state index contributed by atoms with van der Waals surface area (Å²) in [7, 11) is 1.71. The molecule has 0 aromatic heterocycles. The number of nitrogens with one attached hydrogen (secondary N) is 1. The van der Waals surface area contributed by atoms with Crippen molar-refractivity contribution in [1.29, 1.82) is 0 Å². The molecule has 1 unspecified atom stereocenters. The number of hydrogen-bond donors (Lipinski definition) is 2. The van der Waals surface area contributed by atoms with E-state index >= 15 is 0 Å². The smallest absolute Gasteiger partial charge is 0.417 e. The molecule has 0 spiro atoms. The summed E-state index contributed by atoms with van der Waals surface area (Å²) in [4.78, 5) is 11.0. The molecule has 0 saturated heterocycles. The lowest BCUT2D eigenvalue weighted by Gasteiger charge is -2.17. The average Bonchev–Trinajstić information content (AvgIpc) is 2.27. The summed E-state index contributed by atoms with van der Waals surface area (Å²) in [6.07, 6.45) is -4.96. The first-order valence-electron chi connectivity index (χ1n) is 5.58. The molecule has 0 aliphatic heterocycles. The molecule has 0 saturated carbocycles. The van der Waals surface area contributed by atoms with E-state index in [0.717, 1.165) is 12.1 Å². The van der Waals surface area contributed by atoms with Crippen LogP contribution in [0.5, 0.6) is 5.75 Å². The van der Waals surface area contributed by atoms with Gasteiger partial charge in [0, 0.05) is 6.54 Å². The maximum atomic E-state index is 12.8. The van der Waals surface area contributed by atoms with Gasteiger partial charge in [0.25, 0.3) is 0 Å². The Labute approximate surface area is 108 Å². The zero-order valence-corrected chi connectivity index (χ0v) is 10.5. The van der Waals surface area contributed by atoms with E-state index in [0.29, 0.717) is 6.54 Å². The molecule has 3 N–H and O–H groups in total. The summed E-state index contributed by atoms with van der Waals surface area (Å²) in [6, 6.07) is 3.10. The number of benzene rings is 1. The number of rotatable bonds is 5. The first kappa shape index (κ1) is 15.3. The molecule has 19 heavy (non-hydrogen) atoms. The second-order valence-corrected chi connectivity index (χ2v) is 4.06. The molecular formula is C12H15F3N2O2. The summed E-state index contributed by atoms with van der Waals surface area (Å²) in [5.41, 5.74) is 3.26. The summed E-state index contributed by atoms with van der Waals surface area (Å²) < 4.78 is 43.7. The molecule has 1 aromatic carbocycles. The number of likely N-dealkylation sites (N-methyl/N-ethyl adjacent to an activating group) is 1. The van der Waals surface area contributed by atoms with E-state index < -0.39 is 23.2 Å². The first-order valence-corrected chi connectivity index (χ1v) is 5.58. The Morgan fingerprint density at radius 2 is 2.11 bits per heavy atom. The van der Waals surface area contributed by atoms with E-state index in [4.69, 9.17) is 10.5 Å². The highest BCUT2D eigenvalue weighted by Crippen LogP contribution is 2.34. The highest BCUT2D eigenvalue weighted by Gasteiger charge is 2.35. The Balaban J connectivity index is 3.09. The lowest BCUT2D eigenvalue weighted by atomic mass is 10.1. The SMILES string of the molecule is CNCC(C)Oc1ccc(C(N)=O)c(C(F)(F)F)c1. The van der Waals surface area contributed by atoms with E-state index in [1.54, 1.807) is 14.0 Å². The summed E-state index contributed by atoms with van der Waals surface area (Å²) in [6.45, 7) is 2.20. The van der Waals surface area contributed by atoms with Crippen molar-refractivity contribution in [3.8, 4) is 5.75 Å².